The highest BCUT2D eigenvalue weighted by molar-refractivity contribution is 5.77. The molecule has 7 heteroatoms. The predicted octanol–water partition coefficient (Wildman–Crippen LogP) is 5.58. The van der Waals surface area contributed by atoms with E-state index in [1.54, 1.807) is 12.1 Å². The van der Waals surface area contributed by atoms with Gasteiger partial charge in [0.15, 0.2) is 0 Å². The molecule has 4 heterocycles. The van der Waals surface area contributed by atoms with Crippen molar-refractivity contribution in [1.82, 2.24) is 19.8 Å². The molecule has 2 atom stereocenters. The summed E-state index contributed by atoms with van der Waals surface area (Å²) in [6.07, 6.45) is 11.3. The standard InChI is InChI=1S/C30H33FN4O2/c31-25-10-8-22(9-11-25)29-28-19-23-5-3-6-24-12-16-37-18-17-36-15-4-13-30(24,20-26-7-1-2-14-32-26)27(23)21-35(28)34-33-29/h1-2,7-11,14,19,21,24H,3-6,12-13,15-18,20H2/t24-,30+/m1/s1. The first kappa shape index (κ1) is 24.2. The zero-order valence-electron chi connectivity index (χ0n) is 21.1. The fourth-order valence-corrected chi connectivity index (χ4v) is 6.43. The number of aryl methyl sites for hydroxylation is 1. The highest BCUT2D eigenvalue weighted by atomic mass is 19.1. The lowest BCUT2D eigenvalue weighted by Gasteiger charge is -2.41. The van der Waals surface area contributed by atoms with E-state index in [1.165, 1.54) is 23.3 Å². The van der Waals surface area contributed by atoms with Crippen LogP contribution >= 0.6 is 0 Å². The van der Waals surface area contributed by atoms with E-state index in [0.29, 0.717) is 19.1 Å². The van der Waals surface area contributed by atoms with Gasteiger partial charge in [-0.2, -0.15) is 0 Å². The number of nitrogens with zero attached hydrogens (tertiary/aromatic N) is 4. The normalized spacial score (nSPS) is 23.0. The van der Waals surface area contributed by atoms with Gasteiger partial charge >= 0.3 is 0 Å². The van der Waals surface area contributed by atoms with Crippen molar-refractivity contribution in [3.63, 3.8) is 0 Å². The molecule has 0 bridgehead atoms. The van der Waals surface area contributed by atoms with Crippen LogP contribution in [-0.2, 0) is 27.7 Å². The molecule has 1 aromatic carbocycles. The van der Waals surface area contributed by atoms with Gasteiger partial charge < -0.3 is 9.47 Å². The lowest BCUT2D eigenvalue weighted by Crippen LogP contribution is -2.39. The Kier molecular flexibility index (Phi) is 6.98. The summed E-state index contributed by atoms with van der Waals surface area (Å²) in [5, 5.41) is 9.04. The lowest BCUT2D eigenvalue weighted by molar-refractivity contribution is 0.0452. The molecule has 1 fully saturated rings. The highest BCUT2D eigenvalue weighted by Crippen LogP contribution is 2.48. The maximum atomic E-state index is 13.6. The van der Waals surface area contributed by atoms with Gasteiger partial charge in [-0.3, -0.25) is 4.98 Å². The van der Waals surface area contributed by atoms with E-state index in [9.17, 15) is 4.39 Å². The minimum Gasteiger partial charge on any atom is -0.379 e. The number of ether oxygens (including phenoxy) is 2. The monoisotopic (exact) mass is 500 g/mol. The first-order valence-corrected chi connectivity index (χ1v) is 13.4. The first-order valence-electron chi connectivity index (χ1n) is 13.4. The van der Waals surface area contributed by atoms with Crippen LogP contribution < -0.4 is 0 Å². The quantitative estimate of drug-likeness (QED) is 0.368. The number of pyridine rings is 2. The Morgan fingerprint density at radius 3 is 2.68 bits per heavy atom. The number of benzene rings is 1. The van der Waals surface area contributed by atoms with Crippen molar-refractivity contribution in [3.8, 4) is 11.3 Å². The smallest absolute Gasteiger partial charge is 0.123 e. The van der Waals surface area contributed by atoms with Gasteiger partial charge in [-0.05, 0) is 104 Å². The number of fused-ring (bicyclic) bond motifs is 4. The van der Waals surface area contributed by atoms with E-state index in [2.05, 4.69) is 34.7 Å². The second-order valence-corrected chi connectivity index (χ2v) is 10.3. The molecular formula is C30H33FN4O2. The van der Waals surface area contributed by atoms with Crippen LogP contribution in [0, 0.1) is 11.7 Å². The summed E-state index contributed by atoms with van der Waals surface area (Å²) in [7, 11) is 0. The molecule has 1 saturated heterocycles. The van der Waals surface area contributed by atoms with Gasteiger partial charge in [-0.1, -0.05) is 11.3 Å². The van der Waals surface area contributed by atoms with Crippen LogP contribution in [0.2, 0.25) is 0 Å². The Labute approximate surface area is 216 Å². The maximum absolute atomic E-state index is 13.6. The fourth-order valence-electron chi connectivity index (χ4n) is 6.43. The van der Waals surface area contributed by atoms with Crippen molar-refractivity contribution >= 4 is 5.52 Å². The molecule has 0 unspecified atom stereocenters. The fraction of sp³-hybridized carbons (Fsp3) is 0.433. The summed E-state index contributed by atoms with van der Waals surface area (Å²) in [5.41, 5.74) is 6.33. The molecule has 6 rings (SSSR count). The average Bonchev–Trinajstić information content (AvgIpc) is 3.25. The Balaban J connectivity index is 1.50. The van der Waals surface area contributed by atoms with Crippen LogP contribution in [0.4, 0.5) is 4.39 Å². The second-order valence-electron chi connectivity index (χ2n) is 10.3. The largest absolute Gasteiger partial charge is 0.379 e. The minimum absolute atomic E-state index is 0.104. The average molecular weight is 501 g/mol. The Hall–Kier alpha value is -3.16. The van der Waals surface area contributed by atoms with Crippen molar-refractivity contribution in [2.24, 2.45) is 5.92 Å². The summed E-state index contributed by atoms with van der Waals surface area (Å²) in [5.74, 6) is 0.211. The van der Waals surface area contributed by atoms with Gasteiger partial charge in [-0.25, -0.2) is 8.91 Å². The van der Waals surface area contributed by atoms with E-state index in [0.717, 1.165) is 80.6 Å². The van der Waals surface area contributed by atoms with Gasteiger partial charge in [-0.15, -0.1) is 5.10 Å². The Morgan fingerprint density at radius 1 is 0.973 bits per heavy atom. The molecular weight excluding hydrogens is 467 g/mol. The van der Waals surface area contributed by atoms with Gasteiger partial charge in [0.1, 0.15) is 11.5 Å². The first-order chi connectivity index (χ1) is 18.2. The molecule has 0 spiro atoms. The molecule has 1 aliphatic heterocycles. The van der Waals surface area contributed by atoms with E-state index in [1.807, 2.05) is 16.8 Å². The highest BCUT2D eigenvalue weighted by Gasteiger charge is 2.43. The van der Waals surface area contributed by atoms with Crippen molar-refractivity contribution < 1.29 is 13.9 Å². The molecule has 2 aliphatic rings. The molecule has 3 aromatic heterocycles. The van der Waals surface area contributed by atoms with Crippen LogP contribution in [0.1, 0.15) is 48.9 Å². The molecule has 0 N–H and O–H groups in total. The van der Waals surface area contributed by atoms with Crippen molar-refractivity contribution in [1.29, 1.82) is 0 Å². The van der Waals surface area contributed by atoms with Crippen LogP contribution in [0.15, 0.2) is 60.9 Å². The van der Waals surface area contributed by atoms with Crippen molar-refractivity contribution in [3.05, 3.63) is 83.6 Å². The van der Waals surface area contributed by atoms with Crippen molar-refractivity contribution in [2.45, 2.75) is 50.4 Å². The molecule has 0 radical (unpaired) electrons. The van der Waals surface area contributed by atoms with Crippen LogP contribution in [-0.4, -0.2) is 46.2 Å². The number of aromatic nitrogens is 4. The Bertz CT molecular complexity index is 1340. The molecule has 6 nitrogen and oxygen atoms in total. The van der Waals surface area contributed by atoms with Gasteiger partial charge in [0.2, 0.25) is 0 Å². The number of hydrogen-bond donors (Lipinski definition) is 0. The maximum Gasteiger partial charge on any atom is 0.123 e. The molecule has 4 aromatic rings. The SMILES string of the molecule is Fc1ccc(-c2nnn3cc4c(cc23)CCC[C@@H]2CCOCCOCCC[C@@]42Cc2ccccn2)cc1. The van der Waals surface area contributed by atoms with E-state index < -0.39 is 0 Å². The summed E-state index contributed by atoms with van der Waals surface area (Å²) in [6, 6.07) is 15.0. The minimum atomic E-state index is -0.253. The van der Waals surface area contributed by atoms with Crippen LogP contribution in [0.5, 0.6) is 0 Å². The number of hydrogen-bond acceptors (Lipinski definition) is 5. The molecule has 1 aliphatic carbocycles. The Morgan fingerprint density at radius 2 is 1.84 bits per heavy atom. The molecule has 192 valence electrons. The third-order valence-corrected chi connectivity index (χ3v) is 8.19. The second kappa shape index (κ2) is 10.7. The predicted molar refractivity (Wildman–Crippen MR) is 140 cm³/mol. The topological polar surface area (TPSA) is 61.5 Å². The van der Waals surface area contributed by atoms with E-state index >= 15 is 0 Å². The number of rotatable bonds is 3. The lowest BCUT2D eigenvalue weighted by atomic mass is 9.63. The summed E-state index contributed by atoms with van der Waals surface area (Å²) >= 11 is 0. The van der Waals surface area contributed by atoms with Crippen LogP contribution in [0.3, 0.4) is 0 Å². The summed E-state index contributed by atoms with van der Waals surface area (Å²) in [4.78, 5) is 4.76. The van der Waals surface area contributed by atoms with Gasteiger partial charge in [0.05, 0.1) is 18.7 Å². The molecule has 0 amide bonds. The van der Waals surface area contributed by atoms with E-state index in [4.69, 9.17) is 14.5 Å². The molecule has 37 heavy (non-hydrogen) atoms. The third kappa shape index (κ3) is 4.90. The zero-order chi connectivity index (χ0) is 25.1. The third-order valence-electron chi connectivity index (χ3n) is 8.19. The van der Waals surface area contributed by atoms with Gasteiger partial charge in [0, 0.05) is 42.3 Å². The van der Waals surface area contributed by atoms with Crippen molar-refractivity contribution in [2.75, 3.05) is 26.4 Å². The summed E-state index contributed by atoms with van der Waals surface area (Å²) < 4.78 is 27.4. The summed E-state index contributed by atoms with van der Waals surface area (Å²) in [6.45, 7) is 2.78. The van der Waals surface area contributed by atoms with Crippen LogP contribution in [0.25, 0.3) is 16.8 Å². The number of halogens is 1. The van der Waals surface area contributed by atoms with E-state index in [-0.39, 0.29) is 11.2 Å². The van der Waals surface area contributed by atoms with Gasteiger partial charge in [0.25, 0.3) is 0 Å². The zero-order valence-corrected chi connectivity index (χ0v) is 21.1. The molecule has 0 saturated carbocycles.